The summed E-state index contributed by atoms with van der Waals surface area (Å²) in [6.45, 7) is 5.77. The number of amides is 1. The van der Waals surface area contributed by atoms with Gasteiger partial charge >= 0.3 is 0 Å². The van der Waals surface area contributed by atoms with Crippen molar-refractivity contribution in [2.24, 2.45) is 5.92 Å². The number of carbonyl (C=O) groups is 1. The van der Waals surface area contributed by atoms with Gasteiger partial charge in [0.25, 0.3) is 5.56 Å². The van der Waals surface area contributed by atoms with Crippen LogP contribution in [0.25, 0.3) is 10.2 Å². The lowest BCUT2D eigenvalue weighted by Gasteiger charge is -2.17. The van der Waals surface area contributed by atoms with Crippen LogP contribution in [0, 0.1) is 5.92 Å². The highest BCUT2D eigenvalue weighted by atomic mass is 32.2. The highest BCUT2D eigenvalue weighted by molar-refractivity contribution is 8.00. The quantitative estimate of drug-likeness (QED) is 0.740. The van der Waals surface area contributed by atoms with Crippen LogP contribution in [0.2, 0.25) is 0 Å². The van der Waals surface area contributed by atoms with Gasteiger partial charge in [0.15, 0.2) is 5.16 Å². The zero-order chi connectivity index (χ0) is 19.7. The van der Waals surface area contributed by atoms with Crippen LogP contribution in [0.5, 0.6) is 0 Å². The molecular formula is C21H29N3O2S2. The fraction of sp³-hybridized carbons (Fsp3) is 0.667. The standard InChI is InChI=1S/C21H29N3O2S2/c1-13(2)10-12-24-20(26)17-14-7-3-4-8-15(14)27-19(17)23-21(24)28-16-9-5-6-11-22-18(16)25/h13,16H,3-12H2,1-2H3,(H,22,25). The Morgan fingerprint density at radius 1 is 1.21 bits per heavy atom. The van der Waals surface area contributed by atoms with E-state index < -0.39 is 0 Å². The topological polar surface area (TPSA) is 64.0 Å². The van der Waals surface area contributed by atoms with Gasteiger partial charge < -0.3 is 5.32 Å². The van der Waals surface area contributed by atoms with Gasteiger partial charge in [-0.1, -0.05) is 32.0 Å². The van der Waals surface area contributed by atoms with E-state index in [0.717, 1.165) is 66.9 Å². The molecule has 1 saturated heterocycles. The maximum Gasteiger partial charge on any atom is 0.263 e. The van der Waals surface area contributed by atoms with Gasteiger partial charge in [0.1, 0.15) is 4.83 Å². The summed E-state index contributed by atoms with van der Waals surface area (Å²) in [4.78, 5) is 33.1. The van der Waals surface area contributed by atoms with Gasteiger partial charge in [-0.3, -0.25) is 14.2 Å². The Balaban J connectivity index is 1.77. The SMILES string of the molecule is CC(C)CCn1c(SC2CCCCNC2=O)nc2sc3c(c2c1=O)CCCC3. The summed E-state index contributed by atoms with van der Waals surface area (Å²) in [5.41, 5.74) is 1.34. The number of carbonyl (C=O) groups excluding carboxylic acids is 1. The summed E-state index contributed by atoms with van der Waals surface area (Å²) in [6.07, 6.45) is 8.24. The van der Waals surface area contributed by atoms with E-state index in [9.17, 15) is 9.59 Å². The van der Waals surface area contributed by atoms with Crippen LogP contribution in [0.1, 0.15) is 62.8 Å². The second-order valence-corrected chi connectivity index (χ2v) is 10.6. The molecule has 1 N–H and O–H groups in total. The normalized spacial score (nSPS) is 20.2. The molecule has 152 valence electrons. The summed E-state index contributed by atoms with van der Waals surface area (Å²) in [6, 6.07) is 0. The molecule has 1 unspecified atom stereocenters. The van der Waals surface area contributed by atoms with Gasteiger partial charge in [-0.25, -0.2) is 4.98 Å². The van der Waals surface area contributed by atoms with E-state index in [1.807, 2.05) is 4.57 Å². The monoisotopic (exact) mass is 419 g/mol. The molecule has 7 heteroatoms. The highest BCUT2D eigenvalue weighted by Crippen LogP contribution is 2.36. The maximum absolute atomic E-state index is 13.5. The number of nitrogens with zero attached hydrogens (tertiary/aromatic N) is 2. The minimum absolute atomic E-state index is 0.0812. The van der Waals surface area contributed by atoms with E-state index in [1.165, 1.54) is 28.6 Å². The molecule has 1 amide bonds. The van der Waals surface area contributed by atoms with E-state index in [2.05, 4.69) is 19.2 Å². The number of thiophene rings is 1. The molecule has 0 spiro atoms. The van der Waals surface area contributed by atoms with Crippen LogP contribution >= 0.6 is 23.1 Å². The fourth-order valence-corrected chi connectivity index (χ4v) is 6.53. The summed E-state index contributed by atoms with van der Waals surface area (Å²) < 4.78 is 1.85. The zero-order valence-corrected chi connectivity index (χ0v) is 18.4. The number of hydrogen-bond donors (Lipinski definition) is 1. The minimum Gasteiger partial charge on any atom is -0.355 e. The number of thioether (sulfide) groups is 1. The van der Waals surface area contributed by atoms with Crippen molar-refractivity contribution in [1.29, 1.82) is 0 Å². The molecule has 0 saturated carbocycles. The first-order chi connectivity index (χ1) is 13.5. The Morgan fingerprint density at radius 2 is 2.04 bits per heavy atom. The maximum atomic E-state index is 13.5. The second kappa shape index (κ2) is 8.57. The first kappa shape index (κ1) is 20.0. The predicted molar refractivity (Wildman–Crippen MR) is 116 cm³/mol. The van der Waals surface area contributed by atoms with E-state index in [-0.39, 0.29) is 16.7 Å². The van der Waals surface area contributed by atoms with Crippen molar-refractivity contribution in [3.8, 4) is 0 Å². The molecule has 4 rings (SSSR count). The molecule has 1 aliphatic carbocycles. The van der Waals surface area contributed by atoms with Gasteiger partial charge in [-0.15, -0.1) is 11.3 Å². The van der Waals surface area contributed by atoms with Gasteiger partial charge in [0.05, 0.1) is 10.6 Å². The fourth-order valence-electron chi connectivity index (χ4n) is 4.05. The van der Waals surface area contributed by atoms with Crippen LogP contribution in [0.4, 0.5) is 0 Å². The van der Waals surface area contributed by atoms with Crippen molar-refractivity contribution < 1.29 is 4.79 Å². The third-order valence-corrected chi connectivity index (χ3v) is 8.14. The Labute approximate surface area is 174 Å². The van der Waals surface area contributed by atoms with Gasteiger partial charge in [0, 0.05) is 18.0 Å². The number of hydrogen-bond acceptors (Lipinski definition) is 5. The van der Waals surface area contributed by atoms with Crippen LogP contribution < -0.4 is 10.9 Å². The van der Waals surface area contributed by atoms with Crippen molar-refractivity contribution in [2.45, 2.75) is 82.2 Å². The molecule has 1 fully saturated rings. The second-order valence-electron chi connectivity index (χ2n) is 8.32. The van der Waals surface area contributed by atoms with Gasteiger partial charge in [0.2, 0.25) is 5.91 Å². The average Bonchev–Trinajstić information content (AvgIpc) is 2.92. The largest absolute Gasteiger partial charge is 0.355 e. The average molecular weight is 420 g/mol. The van der Waals surface area contributed by atoms with Crippen LogP contribution in [0.3, 0.4) is 0 Å². The van der Waals surface area contributed by atoms with Crippen LogP contribution in [-0.2, 0) is 24.2 Å². The highest BCUT2D eigenvalue weighted by Gasteiger charge is 2.27. The molecule has 0 bridgehead atoms. The van der Waals surface area contributed by atoms with Crippen molar-refractivity contribution >= 4 is 39.2 Å². The van der Waals surface area contributed by atoms with Gasteiger partial charge in [-0.2, -0.15) is 0 Å². The molecular weight excluding hydrogens is 390 g/mol. The molecule has 5 nitrogen and oxygen atoms in total. The zero-order valence-electron chi connectivity index (χ0n) is 16.8. The van der Waals surface area contributed by atoms with Crippen molar-refractivity contribution in [3.05, 3.63) is 20.8 Å². The van der Waals surface area contributed by atoms with Gasteiger partial charge in [-0.05, 0) is 56.4 Å². The third-order valence-electron chi connectivity index (χ3n) is 5.70. The number of aromatic nitrogens is 2. The number of aryl methyl sites for hydroxylation is 2. The van der Waals surface area contributed by atoms with Crippen molar-refractivity contribution in [3.63, 3.8) is 0 Å². The number of rotatable bonds is 5. The summed E-state index contributed by atoms with van der Waals surface area (Å²) in [5.74, 6) is 0.593. The third kappa shape index (κ3) is 4.01. The molecule has 0 aromatic carbocycles. The molecule has 1 atom stereocenters. The molecule has 0 radical (unpaired) electrons. The van der Waals surface area contributed by atoms with Crippen LogP contribution in [0.15, 0.2) is 9.95 Å². The Bertz CT molecular complexity index is 932. The minimum atomic E-state index is -0.160. The van der Waals surface area contributed by atoms with E-state index in [1.54, 1.807) is 11.3 Å². The van der Waals surface area contributed by atoms with Crippen LogP contribution in [-0.4, -0.2) is 27.3 Å². The lowest BCUT2D eigenvalue weighted by Crippen LogP contribution is -2.32. The Morgan fingerprint density at radius 3 is 2.86 bits per heavy atom. The number of fused-ring (bicyclic) bond motifs is 3. The molecule has 2 aliphatic rings. The van der Waals surface area contributed by atoms with E-state index in [4.69, 9.17) is 4.98 Å². The molecule has 28 heavy (non-hydrogen) atoms. The smallest absolute Gasteiger partial charge is 0.263 e. The van der Waals surface area contributed by atoms with E-state index in [0.29, 0.717) is 12.5 Å². The first-order valence-electron chi connectivity index (χ1n) is 10.5. The molecule has 3 heterocycles. The summed E-state index contributed by atoms with van der Waals surface area (Å²) >= 11 is 3.18. The Hall–Kier alpha value is -1.34. The summed E-state index contributed by atoms with van der Waals surface area (Å²) in [5, 5.41) is 4.41. The molecule has 1 aliphatic heterocycles. The molecule has 2 aromatic rings. The molecule has 2 aromatic heterocycles. The summed E-state index contributed by atoms with van der Waals surface area (Å²) in [7, 11) is 0. The van der Waals surface area contributed by atoms with Crippen molar-refractivity contribution in [1.82, 2.24) is 14.9 Å². The lowest BCUT2D eigenvalue weighted by molar-refractivity contribution is -0.120. The predicted octanol–water partition coefficient (Wildman–Crippen LogP) is 4.14. The lowest BCUT2D eigenvalue weighted by atomic mass is 9.97. The first-order valence-corrected chi connectivity index (χ1v) is 12.2. The van der Waals surface area contributed by atoms with Crippen molar-refractivity contribution in [2.75, 3.05) is 6.54 Å². The van der Waals surface area contributed by atoms with E-state index >= 15 is 0 Å². The Kier molecular flexibility index (Phi) is 6.11. The number of nitrogens with one attached hydrogen (secondary N) is 1.